The summed E-state index contributed by atoms with van der Waals surface area (Å²) in [6, 6.07) is 2.08. The van der Waals surface area contributed by atoms with Gasteiger partial charge >= 0.3 is 0 Å². The molecule has 1 aromatic rings. The van der Waals surface area contributed by atoms with Gasteiger partial charge in [0.1, 0.15) is 0 Å². The summed E-state index contributed by atoms with van der Waals surface area (Å²) >= 11 is 1.58. The normalized spacial score (nSPS) is 15.5. The lowest BCUT2D eigenvalue weighted by atomic mass is 10.6. The van der Waals surface area contributed by atoms with Crippen molar-refractivity contribution in [2.75, 3.05) is 19.5 Å². The van der Waals surface area contributed by atoms with Crippen LogP contribution in [-0.4, -0.2) is 29.0 Å². The molecule has 0 N–H and O–H groups in total. The topological polar surface area (TPSA) is 44.1 Å². The van der Waals surface area contributed by atoms with Gasteiger partial charge in [-0.15, -0.1) is 0 Å². The highest BCUT2D eigenvalue weighted by Crippen LogP contribution is 2.36. The molecule has 15 heavy (non-hydrogen) atoms. The minimum atomic E-state index is -0.160. The molecule has 4 nitrogen and oxygen atoms in total. The summed E-state index contributed by atoms with van der Waals surface area (Å²) in [6.45, 7) is 0.681. The predicted octanol–water partition coefficient (Wildman–Crippen LogP) is 1.32. The van der Waals surface area contributed by atoms with Gasteiger partial charge in [0.05, 0.1) is 6.61 Å². The lowest BCUT2D eigenvalue weighted by Crippen LogP contribution is -2.12. The van der Waals surface area contributed by atoms with Crippen molar-refractivity contribution < 1.29 is 4.74 Å². The van der Waals surface area contributed by atoms with Crippen LogP contribution in [0.3, 0.4) is 0 Å². The molecule has 0 spiro atoms. The third-order valence-electron chi connectivity index (χ3n) is 2.26. The van der Waals surface area contributed by atoms with E-state index in [0.717, 1.165) is 10.9 Å². The van der Waals surface area contributed by atoms with E-state index in [0.29, 0.717) is 12.6 Å². The second-order valence-electron chi connectivity index (χ2n) is 3.53. The van der Waals surface area contributed by atoms with Crippen LogP contribution >= 0.6 is 11.8 Å². The van der Waals surface area contributed by atoms with Crippen LogP contribution in [0.4, 0.5) is 0 Å². The highest BCUT2D eigenvalue weighted by Gasteiger charge is 2.25. The monoisotopic (exact) mass is 226 g/mol. The summed E-state index contributed by atoms with van der Waals surface area (Å²) < 4.78 is 7.07. The van der Waals surface area contributed by atoms with Crippen molar-refractivity contribution in [1.29, 1.82) is 0 Å². The van der Waals surface area contributed by atoms with Crippen molar-refractivity contribution in [3.8, 4) is 0 Å². The molecule has 2 rings (SSSR count). The van der Waals surface area contributed by atoms with Crippen LogP contribution in [0.5, 0.6) is 0 Å². The third kappa shape index (κ3) is 2.82. The number of thioether (sulfide) groups is 1. The molecule has 82 valence electrons. The Morgan fingerprint density at radius 3 is 3.13 bits per heavy atom. The number of ether oxygens (including phenoxy) is 1. The van der Waals surface area contributed by atoms with Crippen LogP contribution in [0.15, 0.2) is 22.2 Å². The molecule has 0 amide bonds. The van der Waals surface area contributed by atoms with Gasteiger partial charge in [0, 0.05) is 31.2 Å². The molecule has 0 saturated heterocycles. The molecule has 1 aliphatic carbocycles. The Hall–Kier alpha value is -0.810. The maximum Gasteiger partial charge on any atom is 0.273 e. The molecule has 0 aliphatic heterocycles. The molecule has 1 fully saturated rings. The second-order valence-corrected chi connectivity index (χ2v) is 4.59. The van der Waals surface area contributed by atoms with E-state index in [9.17, 15) is 4.79 Å². The predicted molar refractivity (Wildman–Crippen MR) is 59.4 cm³/mol. The Morgan fingerprint density at radius 1 is 1.67 bits per heavy atom. The Morgan fingerprint density at radius 2 is 2.47 bits per heavy atom. The van der Waals surface area contributed by atoms with E-state index in [2.05, 4.69) is 9.55 Å². The number of methoxy groups -OCH3 is 1. The first-order valence-electron chi connectivity index (χ1n) is 5.02. The van der Waals surface area contributed by atoms with Gasteiger partial charge in [0.25, 0.3) is 5.56 Å². The van der Waals surface area contributed by atoms with Gasteiger partial charge in [0.15, 0.2) is 5.16 Å². The minimum absolute atomic E-state index is 0.160. The van der Waals surface area contributed by atoms with E-state index >= 15 is 0 Å². The summed E-state index contributed by atoms with van der Waals surface area (Å²) in [5.74, 6) is 0.833. The van der Waals surface area contributed by atoms with Crippen molar-refractivity contribution in [1.82, 2.24) is 9.55 Å². The molecule has 1 saturated carbocycles. The SMILES string of the molecule is COCCSc1nc(=O)ccn1C1CC1. The van der Waals surface area contributed by atoms with Gasteiger partial charge in [-0.3, -0.25) is 4.79 Å². The number of nitrogens with zero attached hydrogens (tertiary/aromatic N) is 2. The number of hydrogen-bond donors (Lipinski definition) is 0. The molecule has 1 aromatic heterocycles. The summed E-state index contributed by atoms with van der Waals surface area (Å²) in [7, 11) is 1.67. The maximum absolute atomic E-state index is 11.1. The van der Waals surface area contributed by atoms with Crippen molar-refractivity contribution in [3.05, 3.63) is 22.6 Å². The first-order chi connectivity index (χ1) is 7.31. The van der Waals surface area contributed by atoms with Crippen molar-refractivity contribution >= 4 is 11.8 Å². The van der Waals surface area contributed by atoms with Gasteiger partial charge in [-0.1, -0.05) is 11.8 Å². The van der Waals surface area contributed by atoms with Crippen molar-refractivity contribution in [2.24, 2.45) is 0 Å². The molecular formula is C10H14N2O2S. The Labute approximate surface area is 92.7 Å². The lowest BCUT2D eigenvalue weighted by Gasteiger charge is -2.09. The minimum Gasteiger partial charge on any atom is -0.384 e. The van der Waals surface area contributed by atoms with Crippen LogP contribution in [-0.2, 0) is 4.74 Å². The number of rotatable bonds is 5. The van der Waals surface area contributed by atoms with Gasteiger partial charge < -0.3 is 9.30 Å². The van der Waals surface area contributed by atoms with Gasteiger partial charge in [-0.05, 0) is 12.8 Å². The van der Waals surface area contributed by atoms with Crippen LogP contribution in [0.1, 0.15) is 18.9 Å². The van der Waals surface area contributed by atoms with Crippen LogP contribution in [0, 0.1) is 0 Å². The summed E-state index contributed by atoms with van der Waals surface area (Å²) in [6.07, 6.45) is 4.24. The Balaban J connectivity index is 2.11. The fourth-order valence-electron chi connectivity index (χ4n) is 1.35. The summed E-state index contributed by atoms with van der Waals surface area (Å²) in [5.41, 5.74) is -0.160. The van der Waals surface area contributed by atoms with Crippen LogP contribution in [0.25, 0.3) is 0 Å². The fraction of sp³-hybridized carbons (Fsp3) is 0.600. The standard InChI is InChI=1S/C10H14N2O2S/c1-14-6-7-15-10-11-9(13)4-5-12(10)8-2-3-8/h4-5,8H,2-3,6-7H2,1H3. The zero-order valence-electron chi connectivity index (χ0n) is 8.68. The van der Waals surface area contributed by atoms with Crippen LogP contribution < -0.4 is 5.56 Å². The van der Waals surface area contributed by atoms with Crippen molar-refractivity contribution in [3.63, 3.8) is 0 Å². The molecule has 0 bridgehead atoms. The average Bonchev–Trinajstić information content (AvgIpc) is 3.02. The first kappa shape index (κ1) is 10.7. The third-order valence-corrected chi connectivity index (χ3v) is 3.19. The maximum atomic E-state index is 11.1. The van der Waals surface area contributed by atoms with Gasteiger partial charge in [-0.2, -0.15) is 4.98 Å². The molecule has 1 heterocycles. The first-order valence-corrected chi connectivity index (χ1v) is 6.01. The lowest BCUT2D eigenvalue weighted by molar-refractivity contribution is 0.218. The molecule has 0 aromatic carbocycles. The molecular weight excluding hydrogens is 212 g/mol. The van der Waals surface area contributed by atoms with E-state index in [4.69, 9.17) is 4.74 Å². The van der Waals surface area contributed by atoms with E-state index in [1.807, 2.05) is 6.20 Å². The Bertz CT molecular complexity index is 387. The largest absolute Gasteiger partial charge is 0.384 e. The fourth-order valence-corrected chi connectivity index (χ4v) is 2.30. The zero-order valence-corrected chi connectivity index (χ0v) is 9.50. The number of aromatic nitrogens is 2. The molecule has 0 unspecified atom stereocenters. The Kier molecular flexibility index (Phi) is 3.43. The molecule has 5 heteroatoms. The molecule has 1 aliphatic rings. The van der Waals surface area contributed by atoms with E-state index < -0.39 is 0 Å². The molecule has 0 radical (unpaired) electrons. The van der Waals surface area contributed by atoms with Crippen molar-refractivity contribution in [2.45, 2.75) is 24.0 Å². The number of hydrogen-bond acceptors (Lipinski definition) is 4. The quantitative estimate of drug-likeness (QED) is 0.431. The van der Waals surface area contributed by atoms with E-state index in [1.165, 1.54) is 18.9 Å². The van der Waals surface area contributed by atoms with E-state index in [1.54, 1.807) is 18.9 Å². The smallest absolute Gasteiger partial charge is 0.273 e. The zero-order chi connectivity index (χ0) is 10.7. The highest BCUT2D eigenvalue weighted by atomic mass is 32.2. The van der Waals surface area contributed by atoms with Gasteiger partial charge in [0.2, 0.25) is 0 Å². The molecule has 0 atom stereocenters. The average molecular weight is 226 g/mol. The van der Waals surface area contributed by atoms with Gasteiger partial charge in [-0.25, -0.2) is 0 Å². The second kappa shape index (κ2) is 4.81. The summed E-state index contributed by atoms with van der Waals surface area (Å²) in [5, 5.41) is 0.821. The van der Waals surface area contributed by atoms with E-state index in [-0.39, 0.29) is 5.56 Å². The van der Waals surface area contributed by atoms with Crippen LogP contribution in [0.2, 0.25) is 0 Å². The highest BCUT2D eigenvalue weighted by molar-refractivity contribution is 7.99. The summed E-state index contributed by atoms with van der Waals surface area (Å²) in [4.78, 5) is 15.2.